The van der Waals surface area contributed by atoms with E-state index in [0.717, 1.165) is 18.2 Å². The zero-order valence-electron chi connectivity index (χ0n) is 14.9. The van der Waals surface area contributed by atoms with Crippen LogP contribution in [0.1, 0.15) is 26.3 Å². The molecule has 0 aliphatic rings. The molecule has 2 rings (SSSR count). The van der Waals surface area contributed by atoms with Crippen molar-refractivity contribution in [1.29, 1.82) is 0 Å². The first-order valence-electron chi connectivity index (χ1n) is 7.81. The van der Waals surface area contributed by atoms with Crippen molar-refractivity contribution in [3.8, 4) is 11.5 Å². The third kappa shape index (κ3) is 5.35. The SMILES string of the molecule is CC(C)(C)OC(=O)Nc1nccc(Oc2ccc([N+](=O)[O-])cc2F)c1CO. The van der Waals surface area contributed by atoms with Crippen LogP contribution in [0.4, 0.5) is 20.7 Å². The van der Waals surface area contributed by atoms with E-state index in [1.165, 1.54) is 12.3 Å². The number of non-ortho nitro benzene ring substituents is 1. The number of nitrogens with one attached hydrogen (secondary N) is 1. The van der Waals surface area contributed by atoms with Gasteiger partial charge in [0.1, 0.15) is 17.2 Å². The number of ether oxygens (including phenoxy) is 2. The molecule has 1 amide bonds. The van der Waals surface area contributed by atoms with E-state index in [0.29, 0.717) is 0 Å². The number of aromatic nitrogens is 1. The fourth-order valence-corrected chi connectivity index (χ4v) is 2.04. The normalized spacial score (nSPS) is 11.0. The zero-order chi connectivity index (χ0) is 20.2. The summed E-state index contributed by atoms with van der Waals surface area (Å²) in [7, 11) is 0. The lowest BCUT2D eigenvalue weighted by molar-refractivity contribution is -0.385. The average Bonchev–Trinajstić information content (AvgIpc) is 2.55. The van der Waals surface area contributed by atoms with E-state index in [4.69, 9.17) is 9.47 Å². The Morgan fingerprint density at radius 2 is 2.04 bits per heavy atom. The van der Waals surface area contributed by atoms with Crippen molar-refractivity contribution in [2.24, 2.45) is 0 Å². The van der Waals surface area contributed by atoms with Crippen molar-refractivity contribution in [3.05, 3.63) is 52.0 Å². The minimum atomic E-state index is -0.952. The molecule has 0 fully saturated rings. The number of hydrogen-bond donors (Lipinski definition) is 2. The molecule has 0 radical (unpaired) electrons. The second-order valence-corrected chi connectivity index (χ2v) is 6.40. The molecule has 2 aromatic rings. The van der Waals surface area contributed by atoms with Crippen LogP contribution in [0, 0.1) is 15.9 Å². The number of amides is 1. The summed E-state index contributed by atoms with van der Waals surface area (Å²) in [6.07, 6.45) is 0.494. The van der Waals surface area contributed by atoms with Crippen LogP contribution in [0.3, 0.4) is 0 Å². The molecule has 0 aliphatic carbocycles. The van der Waals surface area contributed by atoms with E-state index in [1.54, 1.807) is 20.8 Å². The molecule has 0 bridgehead atoms. The van der Waals surface area contributed by atoms with Gasteiger partial charge in [0.15, 0.2) is 11.6 Å². The number of halogens is 1. The highest BCUT2D eigenvalue weighted by molar-refractivity contribution is 5.85. The van der Waals surface area contributed by atoms with Crippen molar-refractivity contribution >= 4 is 17.6 Å². The predicted octanol–water partition coefficient (Wildman–Crippen LogP) is 3.76. The largest absolute Gasteiger partial charge is 0.454 e. The topological polar surface area (TPSA) is 124 Å². The number of nitro benzene ring substituents is 1. The molecule has 0 atom stereocenters. The molecule has 27 heavy (non-hydrogen) atoms. The summed E-state index contributed by atoms with van der Waals surface area (Å²) in [5, 5.41) is 22.7. The Morgan fingerprint density at radius 3 is 2.59 bits per heavy atom. The fraction of sp³-hybridized carbons (Fsp3) is 0.294. The number of carbonyl (C=O) groups is 1. The molecular formula is C17H18FN3O6. The number of aliphatic hydroxyl groups excluding tert-OH is 1. The summed E-state index contributed by atoms with van der Waals surface area (Å²) in [4.78, 5) is 25.8. The second-order valence-electron chi connectivity index (χ2n) is 6.40. The first kappa shape index (κ1) is 20.0. The van der Waals surface area contributed by atoms with E-state index in [2.05, 4.69) is 10.3 Å². The number of rotatable bonds is 5. The summed E-state index contributed by atoms with van der Waals surface area (Å²) >= 11 is 0. The highest BCUT2D eigenvalue weighted by Gasteiger charge is 2.20. The van der Waals surface area contributed by atoms with Gasteiger partial charge in [0.2, 0.25) is 0 Å². The van der Waals surface area contributed by atoms with Crippen molar-refractivity contribution < 1.29 is 28.7 Å². The molecule has 0 aliphatic heterocycles. The van der Waals surface area contributed by atoms with Crippen LogP contribution >= 0.6 is 0 Å². The predicted molar refractivity (Wildman–Crippen MR) is 93.1 cm³/mol. The van der Waals surface area contributed by atoms with Gasteiger partial charge in [-0.2, -0.15) is 0 Å². The molecule has 1 aromatic heterocycles. The monoisotopic (exact) mass is 379 g/mol. The van der Waals surface area contributed by atoms with Crippen molar-refractivity contribution in [2.45, 2.75) is 33.0 Å². The molecule has 0 unspecified atom stereocenters. The van der Waals surface area contributed by atoms with Crippen LogP contribution in [0.2, 0.25) is 0 Å². The molecule has 10 heteroatoms. The van der Waals surface area contributed by atoms with Gasteiger partial charge < -0.3 is 14.6 Å². The van der Waals surface area contributed by atoms with Crippen LogP contribution in [0.15, 0.2) is 30.5 Å². The van der Waals surface area contributed by atoms with Gasteiger partial charge in [-0.25, -0.2) is 14.2 Å². The van der Waals surface area contributed by atoms with E-state index in [9.17, 15) is 24.4 Å². The molecule has 2 N–H and O–H groups in total. The lowest BCUT2D eigenvalue weighted by Gasteiger charge is -2.20. The number of nitrogens with zero attached hydrogens (tertiary/aromatic N) is 2. The van der Waals surface area contributed by atoms with E-state index >= 15 is 0 Å². The Balaban J connectivity index is 2.28. The van der Waals surface area contributed by atoms with Gasteiger partial charge in [-0.15, -0.1) is 0 Å². The average molecular weight is 379 g/mol. The maximum Gasteiger partial charge on any atom is 0.413 e. The van der Waals surface area contributed by atoms with Crippen molar-refractivity contribution in [3.63, 3.8) is 0 Å². The summed E-state index contributed by atoms with van der Waals surface area (Å²) in [6, 6.07) is 4.25. The van der Waals surface area contributed by atoms with E-state index in [1.807, 2.05) is 0 Å². The molecule has 1 aromatic carbocycles. The Morgan fingerprint density at radius 1 is 1.33 bits per heavy atom. The minimum absolute atomic E-state index is 0.0197. The van der Waals surface area contributed by atoms with Crippen molar-refractivity contribution in [1.82, 2.24) is 4.98 Å². The highest BCUT2D eigenvalue weighted by atomic mass is 19.1. The van der Waals surface area contributed by atoms with Gasteiger partial charge in [-0.3, -0.25) is 15.4 Å². The summed E-state index contributed by atoms with van der Waals surface area (Å²) in [5.74, 6) is -1.24. The van der Waals surface area contributed by atoms with Gasteiger partial charge in [-0.1, -0.05) is 0 Å². The van der Waals surface area contributed by atoms with Crippen LogP contribution < -0.4 is 10.1 Å². The van der Waals surface area contributed by atoms with Crippen LogP contribution in [-0.4, -0.2) is 26.7 Å². The molecular weight excluding hydrogens is 361 g/mol. The molecule has 144 valence electrons. The Hall–Kier alpha value is -3.27. The van der Waals surface area contributed by atoms with Crippen molar-refractivity contribution in [2.75, 3.05) is 5.32 Å². The lowest BCUT2D eigenvalue weighted by Crippen LogP contribution is -2.27. The smallest absolute Gasteiger partial charge is 0.413 e. The lowest BCUT2D eigenvalue weighted by atomic mass is 10.2. The second kappa shape index (κ2) is 7.96. The molecule has 9 nitrogen and oxygen atoms in total. The van der Waals surface area contributed by atoms with E-state index < -0.39 is 34.7 Å². The van der Waals surface area contributed by atoms with Gasteiger partial charge in [0.05, 0.1) is 23.2 Å². The highest BCUT2D eigenvalue weighted by Crippen LogP contribution is 2.32. The Labute approximate surface area is 153 Å². The summed E-state index contributed by atoms with van der Waals surface area (Å²) in [6.45, 7) is 4.49. The summed E-state index contributed by atoms with van der Waals surface area (Å²) in [5.41, 5.74) is -1.08. The first-order chi connectivity index (χ1) is 12.6. The number of anilines is 1. The number of aliphatic hydroxyl groups is 1. The number of carbonyl (C=O) groups excluding carboxylic acids is 1. The first-order valence-corrected chi connectivity index (χ1v) is 7.81. The third-order valence-electron chi connectivity index (χ3n) is 3.14. The maximum absolute atomic E-state index is 14.0. The number of benzene rings is 1. The fourth-order valence-electron chi connectivity index (χ4n) is 2.04. The van der Waals surface area contributed by atoms with Crippen LogP contribution in [-0.2, 0) is 11.3 Å². The zero-order valence-corrected chi connectivity index (χ0v) is 14.9. The van der Waals surface area contributed by atoms with Gasteiger partial charge in [-0.05, 0) is 32.9 Å². The molecule has 0 saturated heterocycles. The quantitative estimate of drug-likeness (QED) is 0.599. The number of hydrogen-bond acceptors (Lipinski definition) is 7. The maximum atomic E-state index is 14.0. The molecule has 0 saturated carbocycles. The minimum Gasteiger partial charge on any atom is -0.454 e. The van der Waals surface area contributed by atoms with Crippen LogP contribution in [0.25, 0.3) is 0 Å². The van der Waals surface area contributed by atoms with E-state index in [-0.39, 0.29) is 22.9 Å². The third-order valence-corrected chi connectivity index (χ3v) is 3.14. The van der Waals surface area contributed by atoms with Gasteiger partial charge in [0, 0.05) is 12.3 Å². The number of pyridine rings is 1. The Kier molecular flexibility index (Phi) is 5.91. The number of nitro groups is 1. The molecule has 1 heterocycles. The standard InChI is InChI=1S/C17H18FN3O6/c1-17(2,3)27-16(23)20-15-11(9-22)13(6-7-19-15)26-14-5-4-10(21(24)25)8-12(14)18/h4-8,22H,9H2,1-3H3,(H,19,20,23). The summed E-state index contributed by atoms with van der Waals surface area (Å²) < 4.78 is 24.5. The molecule has 0 spiro atoms. The van der Waals surface area contributed by atoms with Gasteiger partial charge >= 0.3 is 6.09 Å². The van der Waals surface area contributed by atoms with Gasteiger partial charge in [0.25, 0.3) is 5.69 Å². The van der Waals surface area contributed by atoms with Crippen LogP contribution in [0.5, 0.6) is 11.5 Å². The Bertz CT molecular complexity index is 866.